The van der Waals surface area contributed by atoms with Crippen molar-refractivity contribution in [2.24, 2.45) is 0 Å². The molecule has 0 aromatic heterocycles. The van der Waals surface area contributed by atoms with E-state index in [4.69, 9.17) is 0 Å². The first-order valence-electron chi connectivity index (χ1n) is 4.04. The van der Waals surface area contributed by atoms with Gasteiger partial charge in [-0.05, 0) is 0 Å². The number of amides is 1. The summed E-state index contributed by atoms with van der Waals surface area (Å²) in [5.41, 5.74) is 0. The molecule has 0 bridgehead atoms. The average Bonchev–Trinajstić information content (AvgIpc) is 2.02. The fourth-order valence-corrected chi connectivity index (χ4v) is 2.27. The van der Waals surface area contributed by atoms with Crippen molar-refractivity contribution in [3.63, 3.8) is 0 Å². The third-order valence-corrected chi connectivity index (χ3v) is 2.64. The lowest BCUT2D eigenvalue weighted by atomic mass is 10.8. The monoisotopic (exact) mass is 257 g/mol. The van der Waals surface area contributed by atoms with Crippen LogP contribution in [0, 0.1) is 0 Å². The molecule has 0 aromatic rings. The van der Waals surface area contributed by atoms with Crippen LogP contribution in [0.4, 0.5) is 0 Å². The molecule has 0 aliphatic rings. The van der Waals surface area contributed by atoms with E-state index in [2.05, 4.69) is 0 Å². The fourth-order valence-electron chi connectivity index (χ4n) is 0.408. The van der Waals surface area contributed by atoms with E-state index in [1.165, 1.54) is 0 Å². The lowest BCUT2D eigenvalue weighted by molar-refractivity contribution is -0.117. The maximum absolute atomic E-state index is 10.8. The summed E-state index contributed by atoms with van der Waals surface area (Å²) in [6, 6.07) is 0. The summed E-state index contributed by atoms with van der Waals surface area (Å²) in [5, 5.41) is 0.919. The highest BCUT2D eigenvalue weighted by Gasteiger charge is 2.07. The predicted molar refractivity (Wildman–Crippen MR) is 58.1 cm³/mol. The van der Waals surface area contributed by atoms with Gasteiger partial charge in [-0.2, -0.15) is 0 Å². The van der Waals surface area contributed by atoms with Crippen molar-refractivity contribution in [1.82, 2.24) is 4.72 Å². The normalized spacial score (nSPS) is 11.7. The Morgan fingerprint density at radius 1 is 1.07 bits per heavy atom. The van der Waals surface area contributed by atoms with E-state index in [0.29, 0.717) is 10.8 Å². The van der Waals surface area contributed by atoms with E-state index < -0.39 is 25.8 Å². The maximum Gasteiger partial charge on any atom is 0.257 e. The minimum absolute atomic E-state index is 0.420. The van der Waals surface area contributed by atoms with Gasteiger partial charge < -0.3 is 0 Å². The van der Waals surface area contributed by atoms with E-state index in [1.54, 1.807) is 4.72 Å². The summed E-state index contributed by atoms with van der Waals surface area (Å²) >= 11 is 0. The number of hydrogen-bond acceptors (Lipinski definition) is 5. The quantitative estimate of drug-likeness (QED) is 0.767. The van der Waals surface area contributed by atoms with Crippen LogP contribution in [0.2, 0.25) is 0 Å². The number of sulfonamides is 1. The third-order valence-electron chi connectivity index (χ3n) is 0.768. The standard InChI is InChI=1S/C5H9NO5S2.C2H6/c1-5(7)6-13(10,11)4-3-12(2,8)9;1-2/h3-4H,1-2H3,(H,6,7);1-2H3/b4-3-;. The highest BCUT2D eigenvalue weighted by Crippen LogP contribution is 1.91. The molecular weight excluding hydrogens is 242 g/mol. The van der Waals surface area contributed by atoms with Crippen LogP contribution in [-0.4, -0.2) is 29.0 Å². The molecule has 0 aliphatic carbocycles. The maximum atomic E-state index is 10.8. The van der Waals surface area contributed by atoms with Crippen molar-refractivity contribution >= 4 is 25.8 Å². The van der Waals surface area contributed by atoms with E-state index in [1.807, 2.05) is 13.8 Å². The van der Waals surface area contributed by atoms with Crippen LogP contribution in [0.1, 0.15) is 20.8 Å². The summed E-state index contributed by atoms with van der Waals surface area (Å²) in [7, 11) is -7.48. The second-order valence-electron chi connectivity index (χ2n) is 2.30. The fraction of sp³-hybridized carbons (Fsp3) is 0.571. The van der Waals surface area contributed by atoms with Gasteiger partial charge in [0.15, 0.2) is 9.84 Å². The summed E-state index contributed by atoms with van der Waals surface area (Å²) in [4.78, 5) is 10.3. The van der Waals surface area contributed by atoms with Gasteiger partial charge in [0.2, 0.25) is 5.91 Å². The molecule has 0 rings (SSSR count). The van der Waals surface area contributed by atoms with Crippen LogP contribution >= 0.6 is 0 Å². The summed E-state index contributed by atoms with van der Waals surface area (Å²) < 4.78 is 44.2. The topological polar surface area (TPSA) is 97.4 Å². The van der Waals surface area contributed by atoms with Crippen molar-refractivity contribution in [2.45, 2.75) is 20.8 Å². The Hall–Kier alpha value is -0.890. The number of carbonyl (C=O) groups excluding carboxylic acids is 1. The molecule has 1 N–H and O–H groups in total. The lowest BCUT2D eigenvalue weighted by Crippen LogP contribution is -2.26. The molecule has 0 aromatic carbocycles. The van der Waals surface area contributed by atoms with Crippen LogP contribution in [-0.2, 0) is 24.7 Å². The Kier molecular flexibility index (Phi) is 7.24. The number of rotatable bonds is 3. The predicted octanol–water partition coefficient (Wildman–Crippen LogP) is -0.00570. The molecule has 90 valence electrons. The molecule has 0 heterocycles. The van der Waals surface area contributed by atoms with Gasteiger partial charge in [-0.25, -0.2) is 21.6 Å². The molecule has 0 radical (unpaired) electrons. The van der Waals surface area contributed by atoms with Crippen molar-refractivity contribution in [2.75, 3.05) is 6.26 Å². The van der Waals surface area contributed by atoms with Gasteiger partial charge >= 0.3 is 0 Å². The molecule has 0 saturated heterocycles. The van der Waals surface area contributed by atoms with Crippen LogP contribution < -0.4 is 4.72 Å². The Balaban J connectivity index is 0. The van der Waals surface area contributed by atoms with Crippen molar-refractivity contribution in [1.29, 1.82) is 0 Å². The van der Waals surface area contributed by atoms with Crippen LogP contribution in [0.25, 0.3) is 0 Å². The molecule has 0 fully saturated rings. The highest BCUT2D eigenvalue weighted by molar-refractivity contribution is 7.96. The van der Waals surface area contributed by atoms with Gasteiger partial charge in [0.25, 0.3) is 10.0 Å². The summed E-state index contributed by atoms with van der Waals surface area (Å²) in [6.07, 6.45) is 0.840. The molecule has 15 heavy (non-hydrogen) atoms. The zero-order chi connectivity index (χ0) is 12.7. The first-order chi connectivity index (χ1) is 6.62. The second kappa shape index (κ2) is 6.57. The molecule has 0 spiro atoms. The zero-order valence-corrected chi connectivity index (χ0v) is 10.6. The van der Waals surface area contributed by atoms with Crippen LogP contribution in [0.3, 0.4) is 0 Å². The molecule has 8 heteroatoms. The first kappa shape index (κ1) is 16.5. The van der Waals surface area contributed by atoms with Crippen molar-refractivity contribution in [3.05, 3.63) is 10.8 Å². The minimum Gasteiger partial charge on any atom is -0.274 e. The van der Waals surface area contributed by atoms with Crippen molar-refractivity contribution < 1.29 is 21.6 Å². The van der Waals surface area contributed by atoms with E-state index >= 15 is 0 Å². The zero-order valence-electron chi connectivity index (χ0n) is 9.01. The summed E-state index contributed by atoms with van der Waals surface area (Å²) in [5.74, 6) is -0.779. The highest BCUT2D eigenvalue weighted by atomic mass is 32.2. The van der Waals surface area contributed by atoms with Crippen molar-refractivity contribution in [3.8, 4) is 0 Å². The van der Waals surface area contributed by atoms with Crippen LogP contribution in [0.5, 0.6) is 0 Å². The molecule has 0 unspecified atom stereocenters. The number of nitrogens with one attached hydrogen (secondary N) is 1. The van der Waals surface area contributed by atoms with Gasteiger partial charge in [0.05, 0.1) is 5.41 Å². The first-order valence-corrected chi connectivity index (χ1v) is 7.54. The molecule has 6 nitrogen and oxygen atoms in total. The molecule has 0 saturated carbocycles. The summed E-state index contributed by atoms with van der Waals surface area (Å²) in [6.45, 7) is 5.01. The van der Waals surface area contributed by atoms with E-state index in [0.717, 1.165) is 13.2 Å². The van der Waals surface area contributed by atoms with Gasteiger partial charge in [-0.3, -0.25) is 4.79 Å². The van der Waals surface area contributed by atoms with Gasteiger partial charge in [-0.15, -0.1) is 0 Å². The van der Waals surface area contributed by atoms with Gasteiger partial charge in [0, 0.05) is 18.6 Å². The molecule has 0 atom stereocenters. The van der Waals surface area contributed by atoms with Crippen LogP contribution in [0.15, 0.2) is 10.8 Å². The van der Waals surface area contributed by atoms with E-state index in [-0.39, 0.29) is 0 Å². The Bertz CT molecular complexity index is 418. The Morgan fingerprint density at radius 2 is 1.47 bits per heavy atom. The molecular formula is C7H15NO5S2. The number of hydrogen-bond donors (Lipinski definition) is 1. The van der Waals surface area contributed by atoms with Gasteiger partial charge in [-0.1, -0.05) is 13.8 Å². The number of sulfone groups is 1. The lowest BCUT2D eigenvalue weighted by Gasteiger charge is -1.96. The van der Waals surface area contributed by atoms with Gasteiger partial charge in [0.1, 0.15) is 0 Å². The smallest absolute Gasteiger partial charge is 0.257 e. The second-order valence-corrected chi connectivity index (χ2v) is 5.80. The number of carbonyl (C=O) groups is 1. The third kappa shape index (κ3) is 13.1. The minimum atomic E-state index is -3.97. The molecule has 0 aliphatic heterocycles. The molecule has 1 amide bonds. The Labute approximate surface area is 90.3 Å². The SMILES string of the molecule is CC.CC(=O)NS(=O)(=O)/C=C\S(C)(=O)=O. The average molecular weight is 257 g/mol. The Morgan fingerprint density at radius 3 is 1.73 bits per heavy atom. The largest absolute Gasteiger partial charge is 0.274 e. The van der Waals surface area contributed by atoms with E-state index in [9.17, 15) is 21.6 Å².